The number of thiophene rings is 1. The summed E-state index contributed by atoms with van der Waals surface area (Å²) in [6.45, 7) is 9.60. The first-order valence-electron chi connectivity index (χ1n) is 6.88. The third-order valence-corrected chi connectivity index (χ3v) is 4.47. The van der Waals surface area contributed by atoms with Gasteiger partial charge < -0.3 is 10.3 Å². The van der Waals surface area contributed by atoms with E-state index < -0.39 is 0 Å². The van der Waals surface area contributed by atoms with Crippen molar-refractivity contribution in [1.82, 2.24) is 10.3 Å². The van der Waals surface area contributed by atoms with Crippen molar-refractivity contribution in [3.63, 3.8) is 0 Å². The number of aromatic amines is 1. The number of pyridine rings is 1. The second-order valence-electron chi connectivity index (χ2n) is 5.40. The Morgan fingerprint density at radius 2 is 1.90 bits per heavy atom. The summed E-state index contributed by atoms with van der Waals surface area (Å²) in [7, 11) is 0. The Hall–Kier alpha value is -1.88. The molecule has 1 atom stereocenters. The summed E-state index contributed by atoms with van der Waals surface area (Å²) in [6, 6.07) is 3.76. The minimum Gasteiger partial charge on any atom is -0.345 e. The van der Waals surface area contributed by atoms with Crippen LogP contribution in [0.3, 0.4) is 0 Å². The van der Waals surface area contributed by atoms with E-state index in [1.807, 2.05) is 20.8 Å². The van der Waals surface area contributed by atoms with Crippen LogP contribution in [0.25, 0.3) is 0 Å². The Morgan fingerprint density at radius 3 is 2.43 bits per heavy atom. The van der Waals surface area contributed by atoms with E-state index in [-0.39, 0.29) is 23.1 Å². The van der Waals surface area contributed by atoms with Crippen LogP contribution in [0.15, 0.2) is 16.9 Å². The number of carbonyl (C=O) groups excluding carboxylic acids is 1. The number of aryl methyl sites for hydroxylation is 4. The first kappa shape index (κ1) is 15.5. The molecular weight excluding hydrogens is 284 g/mol. The molecule has 2 rings (SSSR count). The lowest BCUT2D eigenvalue weighted by molar-refractivity contribution is 0.0937. The van der Waals surface area contributed by atoms with Crippen LogP contribution in [0.2, 0.25) is 0 Å². The monoisotopic (exact) mass is 304 g/mol. The fraction of sp³-hybridized carbons (Fsp3) is 0.375. The fourth-order valence-electron chi connectivity index (χ4n) is 2.56. The second-order valence-corrected chi connectivity index (χ2v) is 6.86. The van der Waals surface area contributed by atoms with E-state index >= 15 is 0 Å². The van der Waals surface area contributed by atoms with Crippen molar-refractivity contribution in [3.05, 3.63) is 54.6 Å². The molecule has 0 radical (unpaired) electrons. The van der Waals surface area contributed by atoms with Gasteiger partial charge in [-0.25, -0.2) is 0 Å². The summed E-state index contributed by atoms with van der Waals surface area (Å²) >= 11 is 1.71. The standard InChI is InChI=1S/C16H20N2O2S/c1-8-6-9(2)17-15(19)14(8)16(20)18-11(4)13-7-10(3)21-12(13)5/h6-7,11H,1-5H3,(H,17,19)(H,18,20)/t11-/m1/s1. The zero-order valence-electron chi connectivity index (χ0n) is 13.0. The van der Waals surface area contributed by atoms with Gasteiger partial charge in [0.1, 0.15) is 5.56 Å². The Morgan fingerprint density at radius 1 is 1.24 bits per heavy atom. The number of amides is 1. The van der Waals surface area contributed by atoms with E-state index in [0.29, 0.717) is 5.56 Å². The van der Waals surface area contributed by atoms with E-state index in [9.17, 15) is 9.59 Å². The average Bonchev–Trinajstić information content (AvgIpc) is 2.66. The summed E-state index contributed by atoms with van der Waals surface area (Å²) < 4.78 is 0. The second kappa shape index (κ2) is 5.85. The molecular formula is C16H20N2O2S. The Bertz CT molecular complexity index is 743. The zero-order valence-corrected chi connectivity index (χ0v) is 13.8. The Labute approximate surface area is 128 Å². The number of carbonyl (C=O) groups is 1. The van der Waals surface area contributed by atoms with Gasteiger partial charge in [0, 0.05) is 15.4 Å². The molecule has 0 spiro atoms. The van der Waals surface area contributed by atoms with Gasteiger partial charge in [-0.05, 0) is 57.9 Å². The molecule has 0 saturated heterocycles. The summed E-state index contributed by atoms with van der Waals surface area (Å²) in [4.78, 5) is 29.4. The minimum absolute atomic E-state index is 0.123. The molecule has 21 heavy (non-hydrogen) atoms. The molecule has 0 unspecified atom stereocenters. The smallest absolute Gasteiger partial charge is 0.261 e. The molecule has 4 nitrogen and oxygen atoms in total. The largest absolute Gasteiger partial charge is 0.345 e. The third kappa shape index (κ3) is 3.24. The molecule has 0 fully saturated rings. The summed E-state index contributed by atoms with van der Waals surface area (Å²) in [6.07, 6.45) is 0. The van der Waals surface area contributed by atoms with Crippen molar-refractivity contribution in [2.75, 3.05) is 0 Å². The molecule has 5 heteroatoms. The van der Waals surface area contributed by atoms with Gasteiger partial charge in [0.05, 0.1) is 6.04 Å². The van der Waals surface area contributed by atoms with Crippen LogP contribution >= 0.6 is 11.3 Å². The van der Waals surface area contributed by atoms with Crippen molar-refractivity contribution in [3.8, 4) is 0 Å². The maximum absolute atomic E-state index is 12.4. The highest BCUT2D eigenvalue weighted by atomic mass is 32.1. The highest BCUT2D eigenvalue weighted by Crippen LogP contribution is 2.26. The normalized spacial score (nSPS) is 12.2. The molecule has 0 aliphatic carbocycles. The van der Waals surface area contributed by atoms with Gasteiger partial charge in [-0.3, -0.25) is 9.59 Å². The zero-order chi connectivity index (χ0) is 15.7. The van der Waals surface area contributed by atoms with E-state index in [4.69, 9.17) is 0 Å². The lowest BCUT2D eigenvalue weighted by atomic mass is 10.1. The summed E-state index contributed by atoms with van der Waals surface area (Å²) in [5.74, 6) is -0.329. The van der Waals surface area contributed by atoms with E-state index in [2.05, 4.69) is 16.4 Å². The van der Waals surface area contributed by atoms with Gasteiger partial charge in [-0.1, -0.05) is 0 Å². The number of aromatic nitrogens is 1. The van der Waals surface area contributed by atoms with E-state index in [1.54, 1.807) is 31.3 Å². The molecule has 1 amide bonds. The highest BCUT2D eigenvalue weighted by molar-refractivity contribution is 7.12. The average molecular weight is 304 g/mol. The SMILES string of the molecule is Cc1cc(C)c(C(=O)N[C@H](C)c2cc(C)sc2C)c(=O)[nH]1. The van der Waals surface area contributed by atoms with Crippen molar-refractivity contribution >= 4 is 17.2 Å². The lowest BCUT2D eigenvalue weighted by Crippen LogP contribution is -2.32. The molecule has 2 aromatic heterocycles. The molecule has 0 aromatic carbocycles. The molecule has 2 N–H and O–H groups in total. The molecule has 2 heterocycles. The number of rotatable bonds is 3. The quantitative estimate of drug-likeness (QED) is 0.915. The van der Waals surface area contributed by atoms with Crippen LogP contribution in [0, 0.1) is 27.7 Å². The highest BCUT2D eigenvalue weighted by Gasteiger charge is 2.19. The molecule has 0 aliphatic heterocycles. The van der Waals surface area contributed by atoms with Gasteiger partial charge in [-0.15, -0.1) is 11.3 Å². The Balaban J connectivity index is 2.26. The van der Waals surface area contributed by atoms with Crippen LogP contribution in [0.1, 0.15) is 49.9 Å². The van der Waals surface area contributed by atoms with Crippen molar-refractivity contribution in [2.45, 2.75) is 40.7 Å². The third-order valence-electron chi connectivity index (χ3n) is 3.49. The summed E-state index contributed by atoms with van der Waals surface area (Å²) in [5.41, 5.74) is 2.41. The van der Waals surface area contributed by atoms with Crippen molar-refractivity contribution < 1.29 is 4.79 Å². The summed E-state index contributed by atoms with van der Waals surface area (Å²) in [5, 5.41) is 2.92. The minimum atomic E-state index is -0.338. The number of hydrogen-bond acceptors (Lipinski definition) is 3. The predicted molar refractivity (Wildman–Crippen MR) is 86.2 cm³/mol. The van der Waals surface area contributed by atoms with E-state index in [1.165, 1.54) is 9.75 Å². The fourth-order valence-corrected chi connectivity index (χ4v) is 3.59. The number of H-pyrrole nitrogens is 1. The molecule has 0 aliphatic rings. The molecule has 0 bridgehead atoms. The number of hydrogen-bond donors (Lipinski definition) is 2. The van der Waals surface area contributed by atoms with Crippen molar-refractivity contribution in [2.24, 2.45) is 0 Å². The van der Waals surface area contributed by atoms with Gasteiger partial charge in [0.15, 0.2) is 0 Å². The maximum atomic E-state index is 12.4. The van der Waals surface area contributed by atoms with Crippen LogP contribution < -0.4 is 10.9 Å². The van der Waals surface area contributed by atoms with Crippen LogP contribution in [-0.2, 0) is 0 Å². The van der Waals surface area contributed by atoms with Crippen molar-refractivity contribution in [1.29, 1.82) is 0 Å². The molecule has 2 aromatic rings. The number of nitrogens with one attached hydrogen (secondary N) is 2. The van der Waals surface area contributed by atoms with Gasteiger partial charge >= 0.3 is 0 Å². The Kier molecular flexibility index (Phi) is 4.32. The predicted octanol–water partition coefficient (Wildman–Crippen LogP) is 3.16. The first-order valence-corrected chi connectivity index (χ1v) is 7.69. The van der Waals surface area contributed by atoms with E-state index in [0.717, 1.165) is 11.3 Å². The van der Waals surface area contributed by atoms with Crippen LogP contribution in [-0.4, -0.2) is 10.9 Å². The van der Waals surface area contributed by atoms with Gasteiger partial charge in [0.25, 0.3) is 11.5 Å². The maximum Gasteiger partial charge on any atom is 0.261 e. The lowest BCUT2D eigenvalue weighted by Gasteiger charge is -2.14. The molecule has 112 valence electrons. The van der Waals surface area contributed by atoms with Crippen LogP contribution in [0.4, 0.5) is 0 Å². The first-order chi connectivity index (χ1) is 9.79. The topological polar surface area (TPSA) is 62.0 Å². The van der Waals surface area contributed by atoms with Crippen LogP contribution in [0.5, 0.6) is 0 Å². The van der Waals surface area contributed by atoms with Gasteiger partial charge in [0.2, 0.25) is 0 Å². The van der Waals surface area contributed by atoms with Gasteiger partial charge in [-0.2, -0.15) is 0 Å². The molecule has 0 saturated carbocycles.